The summed E-state index contributed by atoms with van der Waals surface area (Å²) in [6.07, 6.45) is 1.42. The summed E-state index contributed by atoms with van der Waals surface area (Å²) in [6, 6.07) is 22.7. The fraction of sp³-hybridized carbons (Fsp3) is 0.0909. The minimum absolute atomic E-state index is 0.0876. The molecule has 0 radical (unpaired) electrons. The number of aromatic nitrogens is 3. The zero-order valence-corrected chi connectivity index (χ0v) is 15.6. The summed E-state index contributed by atoms with van der Waals surface area (Å²) in [4.78, 5) is 5.63. The molecule has 136 valence electrons. The Balaban J connectivity index is 1.65. The van der Waals surface area contributed by atoms with Gasteiger partial charge in [0.05, 0.1) is 5.70 Å². The third-order valence-corrected chi connectivity index (χ3v) is 6.15. The van der Waals surface area contributed by atoms with Gasteiger partial charge in [-0.1, -0.05) is 48.5 Å². The first kappa shape index (κ1) is 15.7. The molecule has 2 aromatic carbocycles. The molecule has 0 bridgehead atoms. The summed E-state index contributed by atoms with van der Waals surface area (Å²) in [7, 11) is 0. The van der Waals surface area contributed by atoms with E-state index in [-0.39, 0.29) is 12.1 Å². The molecule has 5 nitrogen and oxygen atoms in total. The normalized spacial score (nSPS) is 19.9. The molecule has 0 fully saturated rings. The molecule has 0 amide bonds. The average molecular weight is 384 g/mol. The van der Waals surface area contributed by atoms with Crippen LogP contribution in [0.5, 0.6) is 5.75 Å². The van der Waals surface area contributed by atoms with Gasteiger partial charge in [0.25, 0.3) is 0 Å². The SMILES string of the molecule is c1ccc([C@H]2C3=C(Nc4ncnn42)c2ccccc2O[C@@H]3c2cccs2)cc1. The number of ether oxygens (including phenoxy) is 1. The van der Waals surface area contributed by atoms with Gasteiger partial charge in [-0.2, -0.15) is 10.1 Å². The molecule has 6 rings (SSSR count). The molecule has 2 atom stereocenters. The second kappa shape index (κ2) is 6.07. The van der Waals surface area contributed by atoms with Crippen LogP contribution in [0.4, 0.5) is 5.95 Å². The smallest absolute Gasteiger partial charge is 0.226 e. The number of hydrogen-bond acceptors (Lipinski definition) is 5. The highest BCUT2D eigenvalue weighted by Crippen LogP contribution is 2.51. The molecule has 0 unspecified atom stereocenters. The van der Waals surface area contributed by atoms with Crippen LogP contribution in [0.15, 0.2) is 84.0 Å². The fourth-order valence-corrected chi connectivity index (χ4v) is 4.82. The Bertz CT molecular complexity index is 1180. The molecule has 6 heteroatoms. The molecule has 2 aromatic heterocycles. The lowest BCUT2D eigenvalue weighted by Crippen LogP contribution is -2.32. The van der Waals surface area contributed by atoms with Crippen LogP contribution in [0.2, 0.25) is 0 Å². The molecule has 0 saturated heterocycles. The van der Waals surface area contributed by atoms with E-state index < -0.39 is 0 Å². The Kier molecular flexibility index (Phi) is 3.39. The van der Waals surface area contributed by atoms with Crippen molar-refractivity contribution in [3.8, 4) is 5.75 Å². The summed E-state index contributed by atoms with van der Waals surface area (Å²) in [5, 5.41) is 10.1. The molecule has 0 saturated carbocycles. The van der Waals surface area contributed by atoms with Crippen LogP contribution in [-0.4, -0.2) is 14.8 Å². The number of anilines is 1. The van der Waals surface area contributed by atoms with E-state index in [0.29, 0.717) is 0 Å². The second-order valence-electron chi connectivity index (χ2n) is 6.81. The van der Waals surface area contributed by atoms with Crippen molar-refractivity contribution < 1.29 is 4.74 Å². The number of thiophene rings is 1. The number of para-hydroxylation sites is 1. The minimum atomic E-state index is -0.181. The van der Waals surface area contributed by atoms with Gasteiger partial charge < -0.3 is 10.1 Å². The van der Waals surface area contributed by atoms with Crippen molar-refractivity contribution in [2.24, 2.45) is 0 Å². The van der Waals surface area contributed by atoms with Crippen molar-refractivity contribution in [3.05, 3.63) is 100 Å². The molecule has 2 aliphatic heterocycles. The summed E-state index contributed by atoms with van der Waals surface area (Å²) in [6.45, 7) is 0. The van der Waals surface area contributed by atoms with Gasteiger partial charge in [0.2, 0.25) is 5.95 Å². The van der Waals surface area contributed by atoms with Crippen molar-refractivity contribution in [1.29, 1.82) is 0 Å². The minimum Gasteiger partial charge on any atom is -0.480 e. The third kappa shape index (κ3) is 2.25. The molecular weight excluding hydrogens is 368 g/mol. The van der Waals surface area contributed by atoms with Crippen LogP contribution in [0, 0.1) is 0 Å². The zero-order chi connectivity index (χ0) is 18.5. The van der Waals surface area contributed by atoms with Crippen LogP contribution in [0.3, 0.4) is 0 Å². The van der Waals surface area contributed by atoms with E-state index in [1.54, 1.807) is 17.7 Å². The van der Waals surface area contributed by atoms with Gasteiger partial charge in [-0.3, -0.25) is 0 Å². The standard InChI is InChI=1S/C22H16N4OS/c1-2-7-14(8-3-1)20-18-19(25-22-23-13-24-26(20)22)15-9-4-5-10-16(15)27-21(18)17-11-6-12-28-17/h1-13,20-21H,(H,23,24,25)/t20-,21+/m0/s1. The monoisotopic (exact) mass is 384 g/mol. The third-order valence-electron chi connectivity index (χ3n) is 5.24. The maximum atomic E-state index is 6.54. The molecule has 4 heterocycles. The topological polar surface area (TPSA) is 52.0 Å². The maximum Gasteiger partial charge on any atom is 0.226 e. The predicted octanol–water partition coefficient (Wildman–Crippen LogP) is 4.90. The van der Waals surface area contributed by atoms with Gasteiger partial charge in [-0.25, -0.2) is 4.68 Å². The molecule has 28 heavy (non-hydrogen) atoms. The number of rotatable bonds is 2. The average Bonchev–Trinajstić information content (AvgIpc) is 3.44. The quantitative estimate of drug-likeness (QED) is 0.534. The van der Waals surface area contributed by atoms with Crippen molar-refractivity contribution >= 4 is 23.0 Å². The first-order chi connectivity index (χ1) is 13.9. The van der Waals surface area contributed by atoms with Crippen LogP contribution < -0.4 is 10.1 Å². The Labute approximate surface area is 165 Å². The molecule has 0 aliphatic carbocycles. The van der Waals surface area contributed by atoms with E-state index in [2.05, 4.69) is 63.2 Å². The maximum absolute atomic E-state index is 6.54. The van der Waals surface area contributed by atoms with Gasteiger partial charge in [0.15, 0.2) is 6.10 Å². The number of benzene rings is 2. The van der Waals surface area contributed by atoms with E-state index in [1.165, 1.54) is 4.88 Å². The van der Waals surface area contributed by atoms with Crippen molar-refractivity contribution in [1.82, 2.24) is 14.8 Å². The highest BCUT2D eigenvalue weighted by Gasteiger charge is 2.41. The first-order valence-electron chi connectivity index (χ1n) is 9.15. The van der Waals surface area contributed by atoms with Gasteiger partial charge >= 0.3 is 0 Å². The Morgan fingerprint density at radius 1 is 0.964 bits per heavy atom. The first-order valence-corrected chi connectivity index (χ1v) is 10.0. The lowest BCUT2D eigenvalue weighted by Gasteiger charge is -2.38. The Hall–Kier alpha value is -3.38. The fourth-order valence-electron chi connectivity index (χ4n) is 4.05. The zero-order valence-electron chi connectivity index (χ0n) is 14.8. The number of fused-ring (bicyclic) bond motifs is 3. The van der Waals surface area contributed by atoms with Crippen LogP contribution in [0.25, 0.3) is 5.70 Å². The summed E-state index contributed by atoms with van der Waals surface area (Å²) >= 11 is 1.71. The molecule has 2 aliphatic rings. The number of nitrogens with one attached hydrogen (secondary N) is 1. The summed E-state index contributed by atoms with van der Waals surface area (Å²) in [5.41, 5.74) is 4.44. The van der Waals surface area contributed by atoms with E-state index in [9.17, 15) is 0 Å². The van der Waals surface area contributed by atoms with Crippen LogP contribution >= 0.6 is 11.3 Å². The largest absolute Gasteiger partial charge is 0.480 e. The van der Waals surface area contributed by atoms with Crippen molar-refractivity contribution in [2.45, 2.75) is 12.1 Å². The molecule has 0 spiro atoms. The predicted molar refractivity (Wildman–Crippen MR) is 109 cm³/mol. The van der Waals surface area contributed by atoms with Gasteiger partial charge in [-0.05, 0) is 29.1 Å². The van der Waals surface area contributed by atoms with Crippen molar-refractivity contribution in [3.63, 3.8) is 0 Å². The number of hydrogen-bond donors (Lipinski definition) is 1. The van der Waals surface area contributed by atoms with Crippen LogP contribution in [0.1, 0.15) is 28.1 Å². The summed E-state index contributed by atoms with van der Waals surface area (Å²) < 4.78 is 8.49. The highest BCUT2D eigenvalue weighted by atomic mass is 32.1. The second-order valence-corrected chi connectivity index (χ2v) is 7.79. The lowest BCUT2D eigenvalue weighted by atomic mass is 9.87. The summed E-state index contributed by atoms with van der Waals surface area (Å²) in [5.74, 6) is 1.63. The van der Waals surface area contributed by atoms with Crippen molar-refractivity contribution in [2.75, 3.05) is 5.32 Å². The van der Waals surface area contributed by atoms with E-state index in [4.69, 9.17) is 4.74 Å². The highest BCUT2D eigenvalue weighted by molar-refractivity contribution is 7.10. The van der Waals surface area contributed by atoms with E-state index >= 15 is 0 Å². The Morgan fingerprint density at radius 2 is 1.82 bits per heavy atom. The van der Waals surface area contributed by atoms with E-state index in [0.717, 1.165) is 34.1 Å². The van der Waals surface area contributed by atoms with Gasteiger partial charge in [-0.15, -0.1) is 11.3 Å². The van der Waals surface area contributed by atoms with Gasteiger partial charge in [0.1, 0.15) is 18.1 Å². The molecule has 1 N–H and O–H groups in total. The molecule has 4 aromatic rings. The van der Waals surface area contributed by atoms with Crippen LogP contribution in [-0.2, 0) is 0 Å². The van der Waals surface area contributed by atoms with Gasteiger partial charge in [0, 0.05) is 16.0 Å². The van der Waals surface area contributed by atoms with E-state index in [1.807, 2.05) is 28.9 Å². The number of nitrogens with zero attached hydrogens (tertiary/aromatic N) is 3. The lowest BCUT2D eigenvalue weighted by molar-refractivity contribution is 0.226. The Morgan fingerprint density at radius 3 is 2.68 bits per heavy atom. The molecular formula is C22H16N4OS.